The van der Waals surface area contributed by atoms with Crippen LogP contribution in [-0.4, -0.2) is 54.8 Å². The molecule has 1 aliphatic heterocycles. The summed E-state index contributed by atoms with van der Waals surface area (Å²) in [5.41, 5.74) is 0.589. The van der Waals surface area contributed by atoms with Gasteiger partial charge in [-0.3, -0.25) is 14.5 Å². The molecule has 126 valence electrons. The summed E-state index contributed by atoms with van der Waals surface area (Å²) in [5.74, 6) is -0.0794. The molecular weight excluding hydrogens is 314 g/mol. The molecule has 1 aromatic rings. The van der Waals surface area contributed by atoms with Gasteiger partial charge in [-0.25, -0.2) is 0 Å². The van der Waals surface area contributed by atoms with Crippen LogP contribution in [0, 0.1) is 0 Å². The number of nitrogens with zero attached hydrogens (tertiary/aromatic N) is 2. The van der Waals surface area contributed by atoms with Crippen LogP contribution >= 0.6 is 11.6 Å². The number of likely N-dealkylation sites (N-methyl/N-ethyl adjacent to an activating group) is 1. The molecule has 1 fully saturated rings. The van der Waals surface area contributed by atoms with E-state index in [9.17, 15) is 9.59 Å². The molecule has 5 nitrogen and oxygen atoms in total. The van der Waals surface area contributed by atoms with Crippen LogP contribution in [0.4, 0.5) is 5.69 Å². The Hall–Kier alpha value is -1.59. The predicted molar refractivity (Wildman–Crippen MR) is 92.6 cm³/mol. The number of carbonyl (C=O) groups is 2. The normalized spacial score (nSPS) is 15.3. The Morgan fingerprint density at radius 1 is 1.13 bits per heavy atom. The van der Waals surface area contributed by atoms with Crippen molar-refractivity contribution in [1.82, 2.24) is 9.80 Å². The fraction of sp³-hybridized carbons (Fsp3) is 0.529. The highest BCUT2D eigenvalue weighted by atomic mass is 35.5. The third-order valence-corrected chi connectivity index (χ3v) is 4.26. The summed E-state index contributed by atoms with van der Waals surface area (Å²) >= 11 is 6.02. The van der Waals surface area contributed by atoms with Crippen molar-refractivity contribution in [2.45, 2.75) is 25.7 Å². The lowest BCUT2D eigenvalue weighted by Gasteiger charge is -2.23. The minimum atomic E-state index is -0.177. The van der Waals surface area contributed by atoms with Crippen molar-refractivity contribution in [3.05, 3.63) is 29.3 Å². The van der Waals surface area contributed by atoms with E-state index in [1.165, 1.54) is 12.8 Å². The smallest absolute Gasteiger partial charge is 0.238 e. The molecule has 1 aromatic carbocycles. The van der Waals surface area contributed by atoms with Crippen molar-refractivity contribution < 1.29 is 9.59 Å². The molecule has 0 unspecified atom stereocenters. The van der Waals surface area contributed by atoms with Gasteiger partial charge in [-0.2, -0.15) is 0 Å². The Kier molecular flexibility index (Phi) is 6.86. The summed E-state index contributed by atoms with van der Waals surface area (Å²) in [6, 6.07) is 7.10. The Morgan fingerprint density at radius 2 is 1.78 bits per heavy atom. The van der Waals surface area contributed by atoms with Crippen LogP contribution < -0.4 is 5.32 Å². The second kappa shape index (κ2) is 8.89. The SMILES string of the molecule is CN(CC(=O)Nc1ccccc1Cl)CC(=O)N1CCCCCC1. The molecular formula is C17H24ClN3O2. The van der Waals surface area contributed by atoms with E-state index in [1.54, 1.807) is 24.1 Å². The van der Waals surface area contributed by atoms with E-state index >= 15 is 0 Å². The van der Waals surface area contributed by atoms with Gasteiger partial charge in [-0.15, -0.1) is 0 Å². The van der Waals surface area contributed by atoms with Crippen molar-refractivity contribution in [1.29, 1.82) is 0 Å². The highest BCUT2D eigenvalue weighted by Crippen LogP contribution is 2.20. The average Bonchev–Trinajstić information content (AvgIpc) is 2.78. The highest BCUT2D eigenvalue weighted by molar-refractivity contribution is 6.33. The van der Waals surface area contributed by atoms with Crippen LogP contribution in [0.1, 0.15) is 25.7 Å². The molecule has 1 heterocycles. The zero-order valence-corrected chi connectivity index (χ0v) is 14.3. The molecule has 0 radical (unpaired) electrons. The third kappa shape index (κ3) is 5.84. The van der Waals surface area contributed by atoms with E-state index in [0.717, 1.165) is 25.9 Å². The van der Waals surface area contributed by atoms with Gasteiger partial charge in [0.25, 0.3) is 0 Å². The second-order valence-corrected chi connectivity index (χ2v) is 6.40. The minimum Gasteiger partial charge on any atom is -0.342 e. The molecule has 0 atom stereocenters. The molecule has 6 heteroatoms. The molecule has 1 saturated heterocycles. The van der Waals surface area contributed by atoms with Gasteiger partial charge in [0.15, 0.2) is 0 Å². The molecule has 0 bridgehead atoms. The molecule has 0 saturated carbocycles. The molecule has 2 rings (SSSR count). The molecule has 0 aromatic heterocycles. The number of rotatable bonds is 5. The van der Waals surface area contributed by atoms with Crippen molar-refractivity contribution in [3.8, 4) is 0 Å². The maximum Gasteiger partial charge on any atom is 0.238 e. The van der Waals surface area contributed by atoms with Crippen LogP contribution in [0.25, 0.3) is 0 Å². The van der Waals surface area contributed by atoms with Gasteiger partial charge in [0.2, 0.25) is 11.8 Å². The first-order valence-electron chi connectivity index (χ1n) is 8.07. The predicted octanol–water partition coefficient (Wildman–Crippen LogP) is 2.61. The van der Waals surface area contributed by atoms with Crippen molar-refractivity contribution in [2.75, 3.05) is 38.5 Å². The fourth-order valence-corrected chi connectivity index (χ4v) is 2.89. The summed E-state index contributed by atoms with van der Waals surface area (Å²) in [6.45, 7) is 2.08. The Bertz CT molecular complexity index is 542. The van der Waals surface area contributed by atoms with E-state index in [2.05, 4.69) is 5.32 Å². The Morgan fingerprint density at radius 3 is 2.43 bits per heavy atom. The zero-order chi connectivity index (χ0) is 16.7. The maximum atomic E-state index is 12.3. The summed E-state index contributed by atoms with van der Waals surface area (Å²) in [6.07, 6.45) is 4.53. The monoisotopic (exact) mass is 337 g/mol. The van der Waals surface area contributed by atoms with Gasteiger partial charge in [0, 0.05) is 13.1 Å². The molecule has 1 N–H and O–H groups in total. The summed E-state index contributed by atoms with van der Waals surface area (Å²) in [7, 11) is 1.78. The number of carbonyl (C=O) groups excluding carboxylic acids is 2. The number of hydrogen-bond acceptors (Lipinski definition) is 3. The lowest BCUT2D eigenvalue weighted by atomic mass is 10.2. The van der Waals surface area contributed by atoms with Gasteiger partial charge in [0.1, 0.15) is 0 Å². The quantitative estimate of drug-likeness (QED) is 0.898. The number of likely N-dealkylation sites (tertiary alicyclic amines) is 1. The number of para-hydroxylation sites is 1. The first kappa shape index (κ1) is 17.8. The van der Waals surface area contributed by atoms with Crippen molar-refractivity contribution in [3.63, 3.8) is 0 Å². The molecule has 1 aliphatic rings. The van der Waals surface area contributed by atoms with E-state index in [0.29, 0.717) is 10.7 Å². The standard InChI is InChI=1S/C17H24ClN3O2/c1-20(13-17(23)21-10-6-2-3-7-11-21)12-16(22)19-15-9-5-4-8-14(15)18/h4-5,8-9H,2-3,6-7,10-13H2,1H3,(H,19,22). The number of amides is 2. The number of benzene rings is 1. The zero-order valence-electron chi connectivity index (χ0n) is 13.6. The number of halogens is 1. The Balaban J connectivity index is 1.79. The van der Waals surface area contributed by atoms with E-state index in [4.69, 9.17) is 11.6 Å². The number of nitrogens with one attached hydrogen (secondary N) is 1. The van der Waals surface area contributed by atoms with Gasteiger partial charge < -0.3 is 10.2 Å². The third-order valence-electron chi connectivity index (χ3n) is 3.93. The molecule has 2 amide bonds. The lowest BCUT2D eigenvalue weighted by molar-refractivity contribution is -0.132. The van der Waals surface area contributed by atoms with Crippen LogP contribution in [0.15, 0.2) is 24.3 Å². The van der Waals surface area contributed by atoms with Crippen molar-refractivity contribution in [2.24, 2.45) is 0 Å². The molecule has 0 aliphatic carbocycles. The van der Waals surface area contributed by atoms with Gasteiger partial charge in [0.05, 0.1) is 23.8 Å². The summed E-state index contributed by atoms with van der Waals surface area (Å²) in [5, 5.41) is 3.27. The van der Waals surface area contributed by atoms with Gasteiger partial charge in [-0.05, 0) is 32.0 Å². The summed E-state index contributed by atoms with van der Waals surface area (Å²) in [4.78, 5) is 28.0. The Labute approximate surface area is 142 Å². The fourth-order valence-electron chi connectivity index (χ4n) is 2.70. The average molecular weight is 338 g/mol. The maximum absolute atomic E-state index is 12.3. The minimum absolute atomic E-state index is 0.0972. The van der Waals surface area contributed by atoms with Crippen LogP contribution in [0.5, 0.6) is 0 Å². The molecule has 23 heavy (non-hydrogen) atoms. The van der Waals surface area contributed by atoms with E-state index in [1.807, 2.05) is 17.0 Å². The van der Waals surface area contributed by atoms with Crippen LogP contribution in [-0.2, 0) is 9.59 Å². The van der Waals surface area contributed by atoms with E-state index < -0.39 is 0 Å². The van der Waals surface area contributed by atoms with Crippen LogP contribution in [0.2, 0.25) is 5.02 Å². The largest absolute Gasteiger partial charge is 0.342 e. The summed E-state index contributed by atoms with van der Waals surface area (Å²) < 4.78 is 0. The highest BCUT2D eigenvalue weighted by Gasteiger charge is 2.18. The van der Waals surface area contributed by atoms with Crippen LogP contribution in [0.3, 0.4) is 0 Å². The number of anilines is 1. The molecule has 0 spiro atoms. The topological polar surface area (TPSA) is 52.7 Å². The first-order chi connectivity index (χ1) is 11.1. The second-order valence-electron chi connectivity index (χ2n) is 6.00. The van der Waals surface area contributed by atoms with Gasteiger partial charge in [-0.1, -0.05) is 36.6 Å². The van der Waals surface area contributed by atoms with Gasteiger partial charge >= 0.3 is 0 Å². The first-order valence-corrected chi connectivity index (χ1v) is 8.45. The number of hydrogen-bond donors (Lipinski definition) is 1. The van der Waals surface area contributed by atoms with E-state index in [-0.39, 0.29) is 24.9 Å². The lowest BCUT2D eigenvalue weighted by Crippen LogP contribution is -2.41. The van der Waals surface area contributed by atoms with Crippen molar-refractivity contribution >= 4 is 29.1 Å².